The zero-order chi connectivity index (χ0) is 18.7. The summed E-state index contributed by atoms with van der Waals surface area (Å²) in [6.45, 7) is 2.01. The van der Waals surface area contributed by atoms with E-state index in [0.29, 0.717) is 16.9 Å². The Morgan fingerprint density at radius 2 is 2.04 bits per heavy atom. The van der Waals surface area contributed by atoms with Crippen LogP contribution in [0.25, 0.3) is 0 Å². The molecule has 0 saturated carbocycles. The van der Waals surface area contributed by atoms with E-state index in [4.69, 9.17) is 16.3 Å². The Morgan fingerprint density at radius 3 is 2.77 bits per heavy atom. The Kier molecular flexibility index (Phi) is 5.23. The molecule has 0 atom stereocenters. The second kappa shape index (κ2) is 7.58. The van der Waals surface area contributed by atoms with Gasteiger partial charge in [0.1, 0.15) is 16.6 Å². The van der Waals surface area contributed by atoms with E-state index in [1.54, 1.807) is 56.6 Å². The van der Waals surface area contributed by atoms with E-state index in [1.807, 2.05) is 0 Å². The lowest BCUT2D eigenvalue weighted by molar-refractivity contribution is 0.102. The number of rotatable bonds is 5. The number of ether oxygens (including phenoxy) is 1. The maximum absolute atomic E-state index is 13.8. The average Bonchev–Trinajstić information content (AvgIpc) is 2.96. The smallest absolute Gasteiger partial charge is 0.257 e. The van der Waals surface area contributed by atoms with Gasteiger partial charge in [0.15, 0.2) is 5.82 Å². The van der Waals surface area contributed by atoms with Gasteiger partial charge in [0.25, 0.3) is 5.91 Å². The van der Waals surface area contributed by atoms with Crippen molar-refractivity contribution in [1.82, 2.24) is 9.78 Å². The normalized spacial score (nSPS) is 10.6. The van der Waals surface area contributed by atoms with Crippen molar-refractivity contribution >= 4 is 23.3 Å². The lowest BCUT2D eigenvalue weighted by atomic mass is 10.1. The Morgan fingerprint density at radius 1 is 1.27 bits per heavy atom. The van der Waals surface area contributed by atoms with Crippen molar-refractivity contribution in [3.05, 3.63) is 76.2 Å². The highest BCUT2D eigenvalue weighted by atomic mass is 35.5. The van der Waals surface area contributed by atoms with Crippen molar-refractivity contribution in [3.8, 4) is 5.75 Å². The van der Waals surface area contributed by atoms with Crippen LogP contribution in [0.1, 0.15) is 21.5 Å². The molecule has 0 aliphatic rings. The standard InChI is InChI=1S/C19H17ClFN3O2/c1-12-14(7-5-9-17(12)26-2)19(25)22-18-15(20)11-24(23-18)10-13-6-3-4-8-16(13)21/h3-9,11H,10H2,1-2H3,(H,22,23,25). The van der Waals surface area contributed by atoms with Crippen LogP contribution >= 0.6 is 11.6 Å². The number of carbonyl (C=O) groups excluding carboxylic acids is 1. The third-order valence-corrected chi connectivity index (χ3v) is 4.26. The topological polar surface area (TPSA) is 56.1 Å². The van der Waals surface area contributed by atoms with Crippen LogP contribution in [0.15, 0.2) is 48.7 Å². The minimum absolute atomic E-state index is 0.209. The van der Waals surface area contributed by atoms with Gasteiger partial charge in [-0.25, -0.2) is 4.39 Å². The summed E-state index contributed by atoms with van der Waals surface area (Å²) >= 11 is 6.16. The largest absolute Gasteiger partial charge is 0.496 e. The fourth-order valence-corrected chi connectivity index (χ4v) is 2.82. The van der Waals surface area contributed by atoms with Gasteiger partial charge in [-0.1, -0.05) is 35.9 Å². The number of amides is 1. The number of halogens is 2. The van der Waals surface area contributed by atoms with Gasteiger partial charge in [0.2, 0.25) is 0 Å². The number of methoxy groups -OCH3 is 1. The predicted octanol–water partition coefficient (Wildman–Crippen LogP) is 4.29. The molecule has 0 unspecified atom stereocenters. The molecule has 3 aromatic rings. The van der Waals surface area contributed by atoms with E-state index in [2.05, 4.69) is 10.4 Å². The number of hydrogen-bond donors (Lipinski definition) is 1. The average molecular weight is 374 g/mol. The maximum Gasteiger partial charge on any atom is 0.257 e. The lowest BCUT2D eigenvalue weighted by Gasteiger charge is -2.09. The van der Waals surface area contributed by atoms with E-state index < -0.39 is 0 Å². The van der Waals surface area contributed by atoms with Crippen molar-refractivity contribution in [2.75, 3.05) is 12.4 Å². The summed E-state index contributed by atoms with van der Waals surface area (Å²) in [6.07, 6.45) is 1.54. The van der Waals surface area contributed by atoms with Crippen LogP contribution in [0.3, 0.4) is 0 Å². The van der Waals surface area contributed by atoms with Gasteiger partial charge >= 0.3 is 0 Å². The first-order valence-corrected chi connectivity index (χ1v) is 8.28. The Labute approximate surface area is 155 Å². The van der Waals surface area contributed by atoms with E-state index in [-0.39, 0.29) is 29.1 Å². The summed E-state index contributed by atoms with van der Waals surface area (Å²) in [7, 11) is 1.55. The highest BCUT2D eigenvalue weighted by Crippen LogP contribution is 2.24. The molecule has 1 N–H and O–H groups in total. The lowest BCUT2D eigenvalue weighted by Crippen LogP contribution is -2.15. The molecule has 26 heavy (non-hydrogen) atoms. The molecule has 0 radical (unpaired) electrons. The quantitative estimate of drug-likeness (QED) is 0.725. The molecule has 7 heteroatoms. The van der Waals surface area contributed by atoms with Crippen LogP contribution in [0, 0.1) is 12.7 Å². The second-order valence-electron chi connectivity index (χ2n) is 5.70. The van der Waals surface area contributed by atoms with Gasteiger partial charge in [-0.2, -0.15) is 5.10 Å². The highest BCUT2D eigenvalue weighted by Gasteiger charge is 2.16. The zero-order valence-electron chi connectivity index (χ0n) is 14.3. The van der Waals surface area contributed by atoms with Crippen LogP contribution in [-0.2, 0) is 6.54 Å². The van der Waals surface area contributed by atoms with Crippen molar-refractivity contribution in [2.24, 2.45) is 0 Å². The molecule has 1 heterocycles. The van der Waals surface area contributed by atoms with Gasteiger partial charge in [0, 0.05) is 22.9 Å². The number of nitrogens with one attached hydrogen (secondary N) is 1. The third-order valence-electron chi connectivity index (χ3n) is 3.99. The SMILES string of the molecule is COc1cccc(C(=O)Nc2nn(Cc3ccccc3F)cc2Cl)c1C. The number of anilines is 1. The number of nitrogens with zero attached hydrogens (tertiary/aromatic N) is 2. The predicted molar refractivity (Wildman–Crippen MR) is 98.4 cm³/mol. The van der Waals surface area contributed by atoms with Gasteiger partial charge in [-0.05, 0) is 25.1 Å². The minimum Gasteiger partial charge on any atom is -0.496 e. The van der Waals surface area contributed by atoms with Crippen LogP contribution in [0.4, 0.5) is 10.2 Å². The molecule has 0 bridgehead atoms. The second-order valence-corrected chi connectivity index (χ2v) is 6.11. The van der Waals surface area contributed by atoms with E-state index >= 15 is 0 Å². The summed E-state index contributed by atoms with van der Waals surface area (Å²) in [5, 5.41) is 7.20. The molecule has 2 aromatic carbocycles. The summed E-state index contributed by atoms with van der Waals surface area (Å²) in [6, 6.07) is 11.6. The van der Waals surface area contributed by atoms with E-state index in [1.165, 1.54) is 10.7 Å². The molecule has 1 amide bonds. The van der Waals surface area contributed by atoms with Gasteiger partial charge in [-0.15, -0.1) is 0 Å². The van der Waals surface area contributed by atoms with Gasteiger partial charge in [-0.3, -0.25) is 9.48 Å². The molecule has 0 saturated heterocycles. The van der Waals surface area contributed by atoms with Crippen molar-refractivity contribution in [1.29, 1.82) is 0 Å². The number of benzene rings is 2. The fraction of sp³-hybridized carbons (Fsp3) is 0.158. The first-order chi connectivity index (χ1) is 12.5. The number of hydrogen-bond acceptors (Lipinski definition) is 3. The van der Waals surface area contributed by atoms with Crippen LogP contribution in [0.2, 0.25) is 5.02 Å². The molecule has 0 fully saturated rings. The molecule has 1 aromatic heterocycles. The third kappa shape index (κ3) is 3.70. The van der Waals surface area contributed by atoms with Crippen molar-refractivity contribution < 1.29 is 13.9 Å². The maximum atomic E-state index is 13.8. The minimum atomic E-state index is -0.348. The molecule has 134 valence electrons. The molecular weight excluding hydrogens is 357 g/mol. The van der Waals surface area contributed by atoms with Gasteiger partial charge in [0.05, 0.1) is 13.7 Å². The summed E-state index contributed by atoms with van der Waals surface area (Å²) < 4.78 is 20.5. The zero-order valence-corrected chi connectivity index (χ0v) is 15.0. The van der Waals surface area contributed by atoms with E-state index in [0.717, 1.165) is 5.56 Å². The summed E-state index contributed by atoms with van der Waals surface area (Å²) in [4.78, 5) is 12.5. The Balaban J connectivity index is 1.80. The number of aromatic nitrogens is 2. The Bertz CT molecular complexity index is 956. The summed E-state index contributed by atoms with van der Waals surface area (Å²) in [5.74, 6) is 0.167. The fourth-order valence-electron chi connectivity index (χ4n) is 2.62. The van der Waals surface area contributed by atoms with Crippen molar-refractivity contribution in [3.63, 3.8) is 0 Å². The Hall–Kier alpha value is -2.86. The number of carbonyl (C=O) groups is 1. The monoisotopic (exact) mass is 373 g/mol. The molecule has 0 spiro atoms. The molecule has 5 nitrogen and oxygen atoms in total. The molecule has 3 rings (SSSR count). The highest BCUT2D eigenvalue weighted by molar-refractivity contribution is 6.33. The first-order valence-electron chi connectivity index (χ1n) is 7.91. The van der Waals surface area contributed by atoms with E-state index in [9.17, 15) is 9.18 Å². The van der Waals surface area contributed by atoms with Crippen molar-refractivity contribution in [2.45, 2.75) is 13.5 Å². The molecule has 0 aliphatic carbocycles. The van der Waals surface area contributed by atoms with Gasteiger partial charge < -0.3 is 10.1 Å². The first kappa shape index (κ1) is 17.9. The molecule has 0 aliphatic heterocycles. The van der Waals surface area contributed by atoms with Crippen LogP contribution < -0.4 is 10.1 Å². The summed E-state index contributed by atoms with van der Waals surface area (Å²) in [5.41, 5.74) is 1.66. The molecular formula is C19H17ClFN3O2. The van der Waals surface area contributed by atoms with Crippen LogP contribution in [0.5, 0.6) is 5.75 Å². The van der Waals surface area contributed by atoms with Crippen LogP contribution in [-0.4, -0.2) is 22.8 Å².